The minimum atomic E-state index is 0.476. The molecule has 0 aliphatic rings. The van der Waals surface area contributed by atoms with Crippen LogP contribution in [0.25, 0.3) is 15.7 Å². The quantitative estimate of drug-likeness (QED) is 0.622. The number of hydrogen-bond donors (Lipinski definition) is 0. The summed E-state index contributed by atoms with van der Waals surface area (Å²) >= 11 is 0. The van der Waals surface area contributed by atoms with Crippen molar-refractivity contribution in [2.45, 2.75) is 20.4 Å². The SMILES string of the molecule is [C-]#[N+]Cc1ccc2c(c1)c(C)c(C)n2C. The van der Waals surface area contributed by atoms with Crippen LogP contribution in [0.3, 0.4) is 0 Å². The number of aryl methyl sites for hydroxylation is 2. The largest absolute Gasteiger partial charge is 0.348 e. The fourth-order valence-corrected chi connectivity index (χ4v) is 1.99. The first-order chi connectivity index (χ1) is 7.15. The highest BCUT2D eigenvalue weighted by molar-refractivity contribution is 5.85. The standard InChI is InChI=1S/C13H14N2/c1-9-10(2)15(4)13-6-5-11(8-14-3)7-12(9)13/h5-7H,8H2,1-2,4H3. The van der Waals surface area contributed by atoms with E-state index in [2.05, 4.69) is 42.4 Å². The van der Waals surface area contributed by atoms with E-state index in [0.29, 0.717) is 6.54 Å². The Morgan fingerprint density at radius 3 is 2.73 bits per heavy atom. The number of nitrogens with zero attached hydrogens (tertiary/aromatic N) is 2. The molecule has 1 aromatic heterocycles. The van der Waals surface area contributed by atoms with Crippen LogP contribution in [0.2, 0.25) is 0 Å². The Kier molecular flexibility index (Phi) is 2.24. The maximum absolute atomic E-state index is 6.87. The molecule has 1 aromatic carbocycles. The second kappa shape index (κ2) is 3.43. The number of aromatic nitrogens is 1. The zero-order chi connectivity index (χ0) is 11.0. The molecule has 0 amide bonds. The van der Waals surface area contributed by atoms with E-state index in [9.17, 15) is 0 Å². The molecule has 2 rings (SSSR count). The average Bonchev–Trinajstić information content (AvgIpc) is 2.45. The molecule has 0 N–H and O–H groups in total. The number of fused-ring (bicyclic) bond motifs is 1. The third-order valence-electron chi connectivity index (χ3n) is 3.13. The Labute approximate surface area is 90.0 Å². The van der Waals surface area contributed by atoms with Gasteiger partial charge in [0.05, 0.1) is 0 Å². The molecule has 0 fully saturated rings. The van der Waals surface area contributed by atoms with E-state index in [4.69, 9.17) is 6.57 Å². The lowest BCUT2D eigenvalue weighted by molar-refractivity contribution is 0.910. The van der Waals surface area contributed by atoms with Gasteiger partial charge in [-0.25, -0.2) is 6.57 Å². The lowest BCUT2D eigenvalue weighted by atomic mass is 10.1. The van der Waals surface area contributed by atoms with Crippen molar-refractivity contribution in [3.63, 3.8) is 0 Å². The highest BCUT2D eigenvalue weighted by Gasteiger charge is 2.08. The topological polar surface area (TPSA) is 9.29 Å². The molecule has 0 saturated heterocycles. The van der Waals surface area contributed by atoms with Gasteiger partial charge in [0.2, 0.25) is 6.54 Å². The molecule has 0 aliphatic heterocycles. The molecule has 0 aliphatic carbocycles. The maximum atomic E-state index is 6.87. The summed E-state index contributed by atoms with van der Waals surface area (Å²) < 4.78 is 2.20. The molecule has 0 bridgehead atoms. The highest BCUT2D eigenvalue weighted by atomic mass is 14.9. The van der Waals surface area contributed by atoms with E-state index in [1.165, 1.54) is 22.2 Å². The molecule has 2 aromatic rings. The normalized spacial score (nSPS) is 10.5. The lowest BCUT2D eigenvalue weighted by Gasteiger charge is -1.98. The molecule has 0 atom stereocenters. The van der Waals surface area contributed by atoms with E-state index in [1.54, 1.807) is 0 Å². The third-order valence-corrected chi connectivity index (χ3v) is 3.13. The lowest BCUT2D eigenvalue weighted by Crippen LogP contribution is -1.90. The van der Waals surface area contributed by atoms with Gasteiger partial charge in [-0.2, -0.15) is 0 Å². The van der Waals surface area contributed by atoms with Gasteiger partial charge in [0.1, 0.15) is 0 Å². The van der Waals surface area contributed by atoms with Crippen molar-refractivity contribution in [2.75, 3.05) is 0 Å². The van der Waals surface area contributed by atoms with E-state index in [1.807, 2.05) is 6.07 Å². The van der Waals surface area contributed by atoms with Crippen LogP contribution in [0, 0.1) is 20.4 Å². The maximum Gasteiger partial charge on any atom is 0.239 e. The second-order valence-electron chi connectivity index (χ2n) is 3.94. The summed E-state index contributed by atoms with van der Waals surface area (Å²) in [5.74, 6) is 0. The summed E-state index contributed by atoms with van der Waals surface area (Å²) in [7, 11) is 2.08. The monoisotopic (exact) mass is 198 g/mol. The predicted octanol–water partition coefficient (Wildman–Crippen LogP) is 3.21. The van der Waals surface area contributed by atoms with E-state index >= 15 is 0 Å². The van der Waals surface area contributed by atoms with Crippen LogP contribution in [-0.4, -0.2) is 4.57 Å². The number of hydrogen-bond acceptors (Lipinski definition) is 0. The van der Waals surface area contributed by atoms with Crippen molar-refractivity contribution in [1.82, 2.24) is 4.57 Å². The van der Waals surface area contributed by atoms with Gasteiger partial charge in [-0.3, -0.25) is 0 Å². The Morgan fingerprint density at radius 1 is 1.33 bits per heavy atom. The van der Waals surface area contributed by atoms with Crippen LogP contribution in [0.1, 0.15) is 16.8 Å². The van der Waals surface area contributed by atoms with Crippen LogP contribution in [0.4, 0.5) is 0 Å². The van der Waals surface area contributed by atoms with Crippen LogP contribution in [-0.2, 0) is 13.6 Å². The van der Waals surface area contributed by atoms with Gasteiger partial charge in [-0.15, -0.1) is 0 Å². The van der Waals surface area contributed by atoms with Crippen LogP contribution >= 0.6 is 0 Å². The Hall–Kier alpha value is -1.75. The van der Waals surface area contributed by atoms with Gasteiger partial charge in [0.15, 0.2) is 0 Å². The van der Waals surface area contributed by atoms with Crippen molar-refractivity contribution in [1.29, 1.82) is 0 Å². The minimum absolute atomic E-state index is 0.476. The second-order valence-corrected chi connectivity index (χ2v) is 3.94. The fraction of sp³-hybridized carbons (Fsp3) is 0.308. The first-order valence-corrected chi connectivity index (χ1v) is 5.03. The summed E-state index contributed by atoms with van der Waals surface area (Å²) in [6, 6.07) is 6.28. The molecule has 0 radical (unpaired) electrons. The van der Waals surface area contributed by atoms with Crippen LogP contribution in [0.15, 0.2) is 18.2 Å². The molecule has 15 heavy (non-hydrogen) atoms. The van der Waals surface area contributed by atoms with Gasteiger partial charge in [-0.1, -0.05) is 0 Å². The van der Waals surface area contributed by atoms with Crippen molar-refractivity contribution in [2.24, 2.45) is 7.05 Å². The van der Waals surface area contributed by atoms with Crippen LogP contribution in [0.5, 0.6) is 0 Å². The fourth-order valence-electron chi connectivity index (χ4n) is 1.99. The first kappa shape index (κ1) is 9.79. The summed E-state index contributed by atoms with van der Waals surface area (Å²) in [4.78, 5) is 3.41. The van der Waals surface area contributed by atoms with E-state index in [0.717, 1.165) is 5.56 Å². The van der Waals surface area contributed by atoms with Gasteiger partial charge >= 0.3 is 0 Å². The molecule has 0 unspecified atom stereocenters. The van der Waals surface area contributed by atoms with Gasteiger partial charge in [-0.05, 0) is 37.6 Å². The smallest absolute Gasteiger partial charge is 0.239 e. The first-order valence-electron chi connectivity index (χ1n) is 5.03. The van der Waals surface area contributed by atoms with Crippen molar-refractivity contribution >= 4 is 10.9 Å². The van der Waals surface area contributed by atoms with E-state index < -0.39 is 0 Å². The van der Waals surface area contributed by atoms with Gasteiger partial charge in [0, 0.05) is 29.2 Å². The average molecular weight is 198 g/mol. The predicted molar refractivity (Wildman–Crippen MR) is 62.7 cm³/mol. The summed E-state index contributed by atoms with van der Waals surface area (Å²) in [5, 5.41) is 1.27. The summed E-state index contributed by atoms with van der Waals surface area (Å²) in [6.45, 7) is 11.6. The number of rotatable bonds is 1. The molecule has 1 heterocycles. The van der Waals surface area contributed by atoms with Gasteiger partial charge < -0.3 is 9.41 Å². The zero-order valence-electron chi connectivity index (χ0n) is 9.33. The Morgan fingerprint density at radius 2 is 2.07 bits per heavy atom. The number of benzene rings is 1. The zero-order valence-corrected chi connectivity index (χ0v) is 9.33. The molecule has 2 nitrogen and oxygen atoms in total. The molecule has 2 heteroatoms. The molecule has 0 spiro atoms. The summed E-state index contributed by atoms with van der Waals surface area (Å²) in [5.41, 5.74) is 4.97. The Balaban J connectivity index is 2.72. The molecule has 0 saturated carbocycles. The van der Waals surface area contributed by atoms with Crippen molar-refractivity contribution in [3.8, 4) is 0 Å². The molecular weight excluding hydrogens is 184 g/mol. The molecule has 76 valence electrons. The Bertz CT molecular complexity index is 556. The third kappa shape index (κ3) is 1.41. The summed E-state index contributed by atoms with van der Waals surface area (Å²) in [6.07, 6.45) is 0. The highest BCUT2D eigenvalue weighted by Crippen LogP contribution is 2.25. The molecular formula is C13H14N2. The van der Waals surface area contributed by atoms with Crippen molar-refractivity contribution < 1.29 is 0 Å². The minimum Gasteiger partial charge on any atom is -0.348 e. The van der Waals surface area contributed by atoms with E-state index in [-0.39, 0.29) is 0 Å². The van der Waals surface area contributed by atoms with Crippen molar-refractivity contribution in [3.05, 3.63) is 46.4 Å². The van der Waals surface area contributed by atoms with Crippen LogP contribution < -0.4 is 0 Å². The van der Waals surface area contributed by atoms with Gasteiger partial charge in [0.25, 0.3) is 0 Å².